The van der Waals surface area contributed by atoms with Crippen LogP contribution in [0, 0.1) is 0 Å². The van der Waals surface area contributed by atoms with Crippen LogP contribution in [-0.2, 0) is 14.1 Å². The molecule has 1 saturated heterocycles. The van der Waals surface area contributed by atoms with Gasteiger partial charge in [0.2, 0.25) is 0 Å². The van der Waals surface area contributed by atoms with Crippen LogP contribution in [0.1, 0.15) is 6.42 Å². The van der Waals surface area contributed by atoms with Crippen molar-refractivity contribution in [2.24, 2.45) is 0 Å². The number of rotatable bonds is 3. The zero-order valence-electron chi connectivity index (χ0n) is 7.25. The van der Waals surface area contributed by atoms with Gasteiger partial charge in [0.05, 0.1) is 0 Å². The lowest BCUT2D eigenvalue weighted by atomic mass is 10.3. The molecule has 0 spiro atoms. The van der Waals surface area contributed by atoms with Crippen LogP contribution < -0.4 is 4.52 Å². The molecule has 1 aromatic rings. The third-order valence-electron chi connectivity index (χ3n) is 1.78. The number of ether oxygens (including phenoxy) is 1. The Morgan fingerprint density at radius 1 is 1.36 bits per heavy atom. The fraction of sp³-hybridized carbons (Fsp3) is 0.222. The molecule has 0 radical (unpaired) electrons. The zero-order chi connectivity index (χ0) is 9.97. The quantitative estimate of drug-likeness (QED) is 0.567. The summed E-state index contributed by atoms with van der Waals surface area (Å²) in [5.74, 6) is -0.371. The zero-order valence-corrected chi connectivity index (χ0v) is 8.15. The molecule has 1 aromatic carbocycles. The third kappa shape index (κ3) is 1.91. The minimum absolute atomic E-state index is 0.183. The van der Waals surface area contributed by atoms with Crippen molar-refractivity contribution in [3.05, 3.63) is 30.3 Å². The Labute approximate surface area is 81.7 Å². The number of esters is 1. The summed E-state index contributed by atoms with van der Waals surface area (Å²) in [5.41, 5.74) is 0. The Morgan fingerprint density at radius 2 is 2.00 bits per heavy atom. The van der Waals surface area contributed by atoms with Crippen molar-refractivity contribution in [1.82, 2.24) is 0 Å². The molecular weight excluding hydrogens is 203 g/mol. The van der Waals surface area contributed by atoms with Crippen LogP contribution in [-0.4, -0.2) is 11.8 Å². The van der Waals surface area contributed by atoms with Crippen LogP contribution in [0.5, 0.6) is 5.75 Å². The fourth-order valence-corrected chi connectivity index (χ4v) is 2.00. The number of para-hydroxylation sites is 1. The first-order chi connectivity index (χ1) is 6.75. The van der Waals surface area contributed by atoms with Crippen LogP contribution in [0.4, 0.5) is 0 Å². The van der Waals surface area contributed by atoms with E-state index in [1.165, 1.54) is 0 Å². The van der Waals surface area contributed by atoms with E-state index in [9.17, 15) is 9.36 Å². The van der Waals surface area contributed by atoms with Gasteiger partial charge in [0.15, 0.2) is 5.75 Å². The maximum atomic E-state index is 11.4. The highest BCUT2D eigenvalue weighted by Gasteiger charge is 2.47. The number of hydrogen-bond donors (Lipinski definition) is 0. The van der Waals surface area contributed by atoms with Gasteiger partial charge in [-0.25, -0.2) is 0 Å². The largest absolute Gasteiger partial charge is 0.602 e. The Bertz CT molecular complexity index is 354. The summed E-state index contributed by atoms with van der Waals surface area (Å²) in [7, 11) is -1.95. The van der Waals surface area contributed by atoms with E-state index in [4.69, 9.17) is 4.52 Å². The molecule has 72 valence electrons. The highest BCUT2D eigenvalue weighted by Crippen LogP contribution is 2.38. The second kappa shape index (κ2) is 3.76. The molecule has 2 unspecified atom stereocenters. The van der Waals surface area contributed by atoms with Gasteiger partial charge in [-0.3, -0.25) is 9.32 Å². The fourth-order valence-electron chi connectivity index (χ4n) is 1.05. The monoisotopic (exact) mass is 211 g/mol. The van der Waals surface area contributed by atoms with Gasteiger partial charge in [-0.05, 0) is 16.7 Å². The van der Waals surface area contributed by atoms with E-state index >= 15 is 0 Å². The lowest BCUT2D eigenvalue weighted by Gasteiger charge is -2.14. The van der Waals surface area contributed by atoms with E-state index in [1.54, 1.807) is 24.3 Å². The Hall–Kier alpha value is -1.41. The predicted molar refractivity (Wildman–Crippen MR) is 49.2 cm³/mol. The van der Waals surface area contributed by atoms with Crippen molar-refractivity contribution in [2.75, 3.05) is 0 Å². The van der Waals surface area contributed by atoms with E-state index in [-0.39, 0.29) is 12.4 Å². The third-order valence-corrected chi connectivity index (χ3v) is 2.93. The smallest absolute Gasteiger partial charge is 0.412 e. The lowest BCUT2D eigenvalue weighted by Crippen LogP contribution is -2.30. The molecule has 14 heavy (non-hydrogen) atoms. The molecule has 1 fully saturated rings. The maximum Gasteiger partial charge on any atom is 0.602 e. The molecule has 4 nitrogen and oxygen atoms in total. The van der Waals surface area contributed by atoms with Crippen molar-refractivity contribution in [1.29, 1.82) is 0 Å². The highest BCUT2D eigenvalue weighted by molar-refractivity contribution is 7.40. The minimum atomic E-state index is -1.95. The van der Waals surface area contributed by atoms with Crippen LogP contribution in [0.3, 0.4) is 0 Å². The average molecular weight is 211 g/mol. The van der Waals surface area contributed by atoms with Crippen molar-refractivity contribution >= 4 is 14.0 Å². The average Bonchev–Trinajstić information content (AvgIpc) is 2.14. The topological polar surface area (TPSA) is 52.6 Å². The number of carbonyl (C=O) groups excluding carboxylic acids is 1. The van der Waals surface area contributed by atoms with Gasteiger partial charge in [-0.2, -0.15) is 0 Å². The predicted octanol–water partition coefficient (Wildman–Crippen LogP) is 2.08. The number of carbonyl (C=O) groups is 1. The minimum Gasteiger partial charge on any atom is -0.412 e. The highest BCUT2D eigenvalue weighted by atomic mass is 31.1. The van der Waals surface area contributed by atoms with Gasteiger partial charge in [0.1, 0.15) is 6.42 Å². The first-order valence-electron chi connectivity index (χ1n) is 4.14. The maximum absolute atomic E-state index is 11.4. The molecule has 0 saturated carbocycles. The van der Waals surface area contributed by atoms with Gasteiger partial charge in [-0.15, -0.1) is 0 Å². The van der Waals surface area contributed by atoms with Crippen LogP contribution >= 0.6 is 8.03 Å². The summed E-state index contributed by atoms with van der Waals surface area (Å²) in [6, 6.07) is 8.81. The van der Waals surface area contributed by atoms with Gasteiger partial charge in [-0.1, -0.05) is 18.2 Å². The SMILES string of the molecule is O=C1CC([P+](=O)Oc2ccccc2)O1. The molecule has 0 N–H and O–H groups in total. The molecule has 1 aliphatic heterocycles. The first kappa shape index (κ1) is 9.16. The van der Waals surface area contributed by atoms with E-state index in [1.807, 2.05) is 6.07 Å². The Balaban J connectivity index is 1.92. The summed E-state index contributed by atoms with van der Waals surface area (Å²) in [6.45, 7) is 0. The molecule has 1 heterocycles. The lowest BCUT2D eigenvalue weighted by molar-refractivity contribution is -0.161. The molecule has 1 aliphatic rings. The van der Waals surface area contributed by atoms with Gasteiger partial charge < -0.3 is 4.74 Å². The number of benzene rings is 1. The summed E-state index contributed by atoms with van der Waals surface area (Å²) in [6.07, 6.45) is 0.183. The van der Waals surface area contributed by atoms with E-state index in [0.29, 0.717) is 5.75 Å². The molecule has 5 heteroatoms. The van der Waals surface area contributed by atoms with E-state index < -0.39 is 13.9 Å². The molecule has 2 rings (SSSR count). The Morgan fingerprint density at radius 3 is 2.57 bits per heavy atom. The molecular formula is C9H8O4P+. The standard InChI is InChI=1S/C9H8O4P/c10-8-6-9(12-8)14(11)13-7-4-2-1-3-5-7/h1-5,9H,6H2/q+1. The van der Waals surface area contributed by atoms with Crippen LogP contribution in [0.25, 0.3) is 0 Å². The second-order valence-corrected chi connectivity index (χ2v) is 4.17. The normalized spacial score (nSPS) is 20.7. The van der Waals surface area contributed by atoms with E-state index in [2.05, 4.69) is 4.74 Å². The van der Waals surface area contributed by atoms with Crippen LogP contribution in [0.15, 0.2) is 30.3 Å². The van der Waals surface area contributed by atoms with Crippen molar-refractivity contribution in [3.63, 3.8) is 0 Å². The summed E-state index contributed by atoms with van der Waals surface area (Å²) >= 11 is 0. The molecule has 2 atom stereocenters. The summed E-state index contributed by atoms with van der Waals surface area (Å²) in [5, 5.41) is 0. The Kier molecular flexibility index (Phi) is 2.46. The van der Waals surface area contributed by atoms with Crippen molar-refractivity contribution in [3.8, 4) is 5.75 Å². The number of cyclic esters (lactones) is 1. The van der Waals surface area contributed by atoms with Crippen LogP contribution in [0.2, 0.25) is 0 Å². The van der Waals surface area contributed by atoms with E-state index in [0.717, 1.165) is 0 Å². The van der Waals surface area contributed by atoms with Gasteiger partial charge >= 0.3 is 19.8 Å². The second-order valence-electron chi connectivity index (χ2n) is 2.84. The van der Waals surface area contributed by atoms with Gasteiger partial charge in [0, 0.05) is 0 Å². The number of hydrogen-bond acceptors (Lipinski definition) is 4. The summed E-state index contributed by atoms with van der Waals surface area (Å²) in [4.78, 5) is 10.5. The summed E-state index contributed by atoms with van der Waals surface area (Å²) < 4.78 is 21.1. The first-order valence-corrected chi connectivity index (χ1v) is 5.39. The molecule has 0 bridgehead atoms. The molecule has 0 amide bonds. The van der Waals surface area contributed by atoms with Crippen molar-refractivity contribution in [2.45, 2.75) is 12.3 Å². The van der Waals surface area contributed by atoms with Gasteiger partial charge in [0.25, 0.3) is 0 Å². The molecule has 0 aliphatic carbocycles. The van der Waals surface area contributed by atoms with Crippen molar-refractivity contribution < 1.29 is 18.6 Å². The molecule has 0 aromatic heterocycles.